The van der Waals surface area contributed by atoms with E-state index < -0.39 is 0 Å². The van der Waals surface area contributed by atoms with E-state index in [9.17, 15) is 8.78 Å². The van der Waals surface area contributed by atoms with Crippen molar-refractivity contribution in [3.05, 3.63) is 106 Å². The second kappa shape index (κ2) is 14.3. The average Bonchev–Trinajstić information content (AvgIpc) is 3.47. The van der Waals surface area contributed by atoms with Crippen LogP contribution in [-0.2, 0) is 17.4 Å². The third kappa shape index (κ3) is 9.22. The summed E-state index contributed by atoms with van der Waals surface area (Å²) in [4.78, 5) is 0. The van der Waals surface area contributed by atoms with Gasteiger partial charge < -0.3 is 10.6 Å². The predicted molar refractivity (Wildman–Crippen MR) is 173 cm³/mol. The first kappa shape index (κ1) is 32.4. The van der Waals surface area contributed by atoms with E-state index in [1.165, 1.54) is 53.8 Å². The summed E-state index contributed by atoms with van der Waals surface area (Å²) in [6.07, 6.45) is 6.75. The van der Waals surface area contributed by atoms with Gasteiger partial charge >= 0.3 is 0 Å². The lowest BCUT2D eigenvalue weighted by atomic mass is 9.79. The Balaban J connectivity index is 1.38. The quantitative estimate of drug-likeness (QED) is 0.211. The van der Waals surface area contributed by atoms with Crippen molar-refractivity contribution in [2.24, 2.45) is 5.92 Å². The Bertz CT molecular complexity index is 1170. The molecule has 4 heteroatoms. The number of hydrogen-bond donors (Lipinski definition) is 2. The van der Waals surface area contributed by atoms with Crippen LogP contribution in [0.5, 0.6) is 0 Å². The van der Waals surface area contributed by atoms with E-state index in [2.05, 4.69) is 70.4 Å². The Morgan fingerprint density at radius 1 is 0.738 bits per heavy atom. The largest absolute Gasteiger partial charge is 0.316 e. The molecule has 0 spiro atoms. The van der Waals surface area contributed by atoms with Crippen molar-refractivity contribution < 1.29 is 8.78 Å². The predicted octanol–water partition coefficient (Wildman–Crippen LogP) is 9.41. The molecule has 2 nitrogen and oxygen atoms in total. The number of halogens is 2. The molecule has 42 heavy (non-hydrogen) atoms. The lowest BCUT2D eigenvalue weighted by Crippen LogP contribution is -2.37. The number of benzene rings is 3. The number of hydrogen-bond acceptors (Lipinski definition) is 2. The van der Waals surface area contributed by atoms with E-state index in [0.29, 0.717) is 12.0 Å². The first-order valence-corrected chi connectivity index (χ1v) is 16.0. The van der Waals surface area contributed by atoms with Crippen molar-refractivity contribution in [3.63, 3.8) is 0 Å². The summed E-state index contributed by atoms with van der Waals surface area (Å²) in [5.74, 6) is 0.350. The molecule has 2 unspecified atom stereocenters. The van der Waals surface area contributed by atoms with Crippen LogP contribution >= 0.6 is 0 Å². The molecule has 1 aliphatic rings. The minimum atomic E-state index is -0.226. The Morgan fingerprint density at radius 2 is 1.26 bits per heavy atom. The highest BCUT2D eigenvalue weighted by molar-refractivity contribution is 5.37. The molecule has 0 bridgehead atoms. The van der Waals surface area contributed by atoms with Gasteiger partial charge in [-0.05, 0) is 101 Å². The highest BCUT2D eigenvalue weighted by atomic mass is 19.1. The normalized spacial score (nSPS) is 16.7. The molecule has 228 valence electrons. The van der Waals surface area contributed by atoms with Gasteiger partial charge in [-0.1, -0.05) is 103 Å². The molecule has 2 N–H and O–H groups in total. The standard InChI is InChI=1S/C38H52F2N2/c1-37(2,3)31-22-27(23-32(24-31)38(4,5)6)25-42-36(30-20-21-41-26-30)11-9-7-8-10-35(28-12-16-33(39)17-13-28)29-14-18-34(40)19-15-29/h12-19,22-24,30,35-36,41-42H,7-11,20-21,25-26H2,1-6H3. The van der Waals surface area contributed by atoms with Gasteiger partial charge in [-0.15, -0.1) is 0 Å². The molecule has 1 fully saturated rings. The van der Waals surface area contributed by atoms with Crippen LogP contribution in [0.1, 0.15) is 114 Å². The van der Waals surface area contributed by atoms with Crippen molar-refractivity contribution in [2.75, 3.05) is 13.1 Å². The molecule has 4 rings (SSSR count). The maximum Gasteiger partial charge on any atom is 0.123 e. The van der Waals surface area contributed by atoms with E-state index >= 15 is 0 Å². The zero-order valence-electron chi connectivity index (χ0n) is 26.7. The smallest absolute Gasteiger partial charge is 0.123 e. The molecule has 2 atom stereocenters. The van der Waals surface area contributed by atoms with E-state index in [-0.39, 0.29) is 28.4 Å². The van der Waals surface area contributed by atoms with Gasteiger partial charge in [0.2, 0.25) is 0 Å². The topological polar surface area (TPSA) is 24.1 Å². The number of rotatable bonds is 12. The summed E-state index contributed by atoms with van der Waals surface area (Å²) in [6.45, 7) is 16.9. The van der Waals surface area contributed by atoms with Crippen molar-refractivity contribution in [1.82, 2.24) is 10.6 Å². The van der Waals surface area contributed by atoms with Gasteiger partial charge in [0, 0.05) is 18.5 Å². The van der Waals surface area contributed by atoms with Gasteiger partial charge in [0.1, 0.15) is 11.6 Å². The van der Waals surface area contributed by atoms with Crippen LogP contribution < -0.4 is 10.6 Å². The summed E-state index contributed by atoms with van der Waals surface area (Å²) < 4.78 is 27.2. The monoisotopic (exact) mass is 574 g/mol. The van der Waals surface area contributed by atoms with Crippen LogP contribution in [0.25, 0.3) is 0 Å². The highest BCUT2D eigenvalue weighted by Gasteiger charge is 2.25. The van der Waals surface area contributed by atoms with Crippen LogP contribution in [0.4, 0.5) is 8.78 Å². The zero-order chi connectivity index (χ0) is 30.3. The van der Waals surface area contributed by atoms with Crippen molar-refractivity contribution in [3.8, 4) is 0 Å². The van der Waals surface area contributed by atoms with Crippen molar-refractivity contribution >= 4 is 0 Å². The van der Waals surface area contributed by atoms with E-state index in [1.54, 1.807) is 0 Å². The van der Waals surface area contributed by atoms with Crippen LogP contribution in [0, 0.1) is 17.6 Å². The van der Waals surface area contributed by atoms with Gasteiger partial charge in [0.25, 0.3) is 0 Å². The Hall–Kier alpha value is -2.56. The Labute approximate surface area is 253 Å². The van der Waals surface area contributed by atoms with Gasteiger partial charge in [-0.3, -0.25) is 0 Å². The summed E-state index contributed by atoms with van der Waals surface area (Å²) in [5, 5.41) is 7.56. The number of nitrogens with one attached hydrogen (secondary N) is 2. The molecule has 0 saturated carbocycles. The summed E-state index contributed by atoms with van der Waals surface area (Å²) in [5.41, 5.74) is 6.60. The minimum absolute atomic E-state index is 0.116. The molecule has 0 aliphatic carbocycles. The van der Waals surface area contributed by atoms with Crippen LogP contribution in [0.3, 0.4) is 0 Å². The molecular weight excluding hydrogens is 522 g/mol. The fourth-order valence-corrected chi connectivity index (χ4v) is 6.24. The van der Waals surface area contributed by atoms with Crippen molar-refractivity contribution in [1.29, 1.82) is 0 Å². The molecule has 0 amide bonds. The molecule has 1 saturated heterocycles. The van der Waals surface area contributed by atoms with E-state index in [1.807, 2.05) is 24.3 Å². The average molecular weight is 575 g/mol. The van der Waals surface area contributed by atoms with Gasteiger partial charge in [-0.25, -0.2) is 8.78 Å². The maximum atomic E-state index is 13.6. The molecule has 1 aliphatic heterocycles. The third-order valence-corrected chi connectivity index (χ3v) is 9.01. The summed E-state index contributed by atoms with van der Waals surface area (Å²) in [6, 6.07) is 21.3. The molecular formula is C38H52F2N2. The number of unbranched alkanes of at least 4 members (excludes halogenated alkanes) is 2. The highest BCUT2D eigenvalue weighted by Crippen LogP contribution is 2.32. The maximum absolute atomic E-state index is 13.6. The third-order valence-electron chi connectivity index (χ3n) is 9.01. The van der Waals surface area contributed by atoms with Crippen LogP contribution in [0.2, 0.25) is 0 Å². The van der Waals surface area contributed by atoms with Crippen LogP contribution in [0.15, 0.2) is 66.7 Å². The minimum Gasteiger partial charge on any atom is -0.316 e. The van der Waals surface area contributed by atoms with E-state index in [4.69, 9.17) is 0 Å². The second-order valence-electron chi connectivity index (χ2n) is 14.5. The lowest BCUT2D eigenvalue weighted by Gasteiger charge is -2.28. The molecule has 1 heterocycles. The van der Waals surface area contributed by atoms with Gasteiger partial charge in [-0.2, -0.15) is 0 Å². The van der Waals surface area contributed by atoms with E-state index in [0.717, 1.165) is 56.4 Å². The lowest BCUT2D eigenvalue weighted by molar-refractivity contribution is 0.341. The molecule has 3 aromatic carbocycles. The molecule has 0 aromatic heterocycles. The fraction of sp³-hybridized carbons (Fsp3) is 0.526. The first-order valence-electron chi connectivity index (χ1n) is 16.0. The zero-order valence-corrected chi connectivity index (χ0v) is 26.7. The van der Waals surface area contributed by atoms with Gasteiger partial charge in [0.15, 0.2) is 0 Å². The first-order chi connectivity index (χ1) is 19.9. The summed E-state index contributed by atoms with van der Waals surface area (Å²) >= 11 is 0. The molecule has 0 radical (unpaired) electrons. The Kier molecular flexibility index (Phi) is 11.0. The SMILES string of the molecule is CC(C)(C)c1cc(CNC(CCCCCC(c2ccc(F)cc2)c2ccc(F)cc2)C2CCNC2)cc(C(C)(C)C)c1. The molecule has 3 aromatic rings. The Morgan fingerprint density at radius 3 is 1.74 bits per heavy atom. The van der Waals surface area contributed by atoms with Crippen molar-refractivity contribution in [2.45, 2.75) is 109 Å². The van der Waals surface area contributed by atoms with Gasteiger partial charge in [0.05, 0.1) is 0 Å². The summed E-state index contributed by atoms with van der Waals surface area (Å²) in [7, 11) is 0. The fourth-order valence-electron chi connectivity index (χ4n) is 6.24. The second-order valence-corrected chi connectivity index (χ2v) is 14.5. The van der Waals surface area contributed by atoms with Crippen LogP contribution in [-0.4, -0.2) is 19.1 Å².